The second kappa shape index (κ2) is 6.64. The van der Waals surface area contributed by atoms with Gasteiger partial charge < -0.3 is 9.26 Å². The zero-order valence-electron chi connectivity index (χ0n) is 13.0. The predicted octanol–water partition coefficient (Wildman–Crippen LogP) is 3.61. The van der Waals surface area contributed by atoms with Crippen molar-refractivity contribution in [2.24, 2.45) is 0 Å². The average molecular weight is 339 g/mol. The lowest BCUT2D eigenvalue weighted by atomic mass is 10.0. The molecule has 1 aromatic carbocycles. The fraction of sp³-hybridized carbons (Fsp3) is 0.176. The van der Waals surface area contributed by atoms with Gasteiger partial charge in [0.1, 0.15) is 10.8 Å². The minimum atomic E-state index is -1.01. The van der Waals surface area contributed by atoms with Crippen molar-refractivity contribution in [1.82, 2.24) is 10.1 Å². The van der Waals surface area contributed by atoms with Crippen LogP contribution in [0.25, 0.3) is 11.3 Å². The number of rotatable bonds is 5. The molecule has 2 heterocycles. The minimum absolute atomic E-state index is 0.0697. The van der Waals surface area contributed by atoms with Gasteiger partial charge in [-0.2, -0.15) is 5.26 Å². The first kappa shape index (κ1) is 15.9. The summed E-state index contributed by atoms with van der Waals surface area (Å²) in [6.45, 7) is 1.72. The first-order valence-corrected chi connectivity index (χ1v) is 7.97. The Balaban J connectivity index is 1.87. The third-order valence-corrected chi connectivity index (χ3v) is 4.33. The highest BCUT2D eigenvalue weighted by Gasteiger charge is 2.28. The molecule has 0 unspecified atom stereocenters. The summed E-state index contributed by atoms with van der Waals surface area (Å²) in [5, 5.41) is 15.3. The number of hydrogen-bond donors (Lipinski definition) is 0. The first-order valence-electron chi connectivity index (χ1n) is 7.09. The van der Waals surface area contributed by atoms with Crippen molar-refractivity contribution in [3.05, 3.63) is 52.2 Å². The maximum Gasteiger partial charge on any atom is 0.224 e. The van der Waals surface area contributed by atoms with E-state index in [2.05, 4.69) is 10.1 Å². The normalized spacial score (nSPS) is 11.7. The molecule has 0 aliphatic rings. The van der Waals surface area contributed by atoms with Crippen LogP contribution in [0.4, 0.5) is 0 Å². The summed E-state index contributed by atoms with van der Waals surface area (Å²) in [5.41, 5.74) is 2.19. The molecule has 0 spiro atoms. The third-order valence-electron chi connectivity index (χ3n) is 3.42. The number of thiazole rings is 1. The summed E-state index contributed by atoms with van der Waals surface area (Å²) < 4.78 is 10.1. The monoisotopic (exact) mass is 339 g/mol. The molecule has 0 fully saturated rings. The van der Waals surface area contributed by atoms with E-state index in [1.165, 1.54) is 17.4 Å². The summed E-state index contributed by atoms with van der Waals surface area (Å²) in [6, 6.07) is 10.9. The van der Waals surface area contributed by atoms with Crippen molar-refractivity contribution < 1.29 is 14.1 Å². The molecule has 0 amide bonds. The topological polar surface area (TPSA) is 89.0 Å². The van der Waals surface area contributed by atoms with Crippen molar-refractivity contribution in [2.75, 3.05) is 7.11 Å². The van der Waals surface area contributed by atoms with Gasteiger partial charge >= 0.3 is 0 Å². The van der Waals surface area contributed by atoms with Crippen LogP contribution in [0.3, 0.4) is 0 Å². The summed E-state index contributed by atoms with van der Waals surface area (Å²) in [5.74, 6) is -0.622. The number of ether oxygens (including phenoxy) is 1. The Bertz CT molecular complexity index is 906. The molecule has 0 radical (unpaired) electrons. The number of ketones is 1. The molecule has 1 atom stereocenters. The van der Waals surface area contributed by atoms with E-state index in [9.17, 15) is 10.1 Å². The molecule has 6 nitrogen and oxygen atoms in total. The molecule has 2 aromatic heterocycles. The number of carbonyl (C=O) groups is 1. The van der Waals surface area contributed by atoms with Gasteiger partial charge in [-0.1, -0.05) is 5.16 Å². The van der Waals surface area contributed by atoms with E-state index in [1.807, 2.05) is 35.7 Å². The van der Waals surface area contributed by atoms with Gasteiger partial charge in [0.25, 0.3) is 0 Å². The Morgan fingerprint density at radius 2 is 2.12 bits per heavy atom. The Morgan fingerprint density at radius 3 is 2.71 bits per heavy atom. The van der Waals surface area contributed by atoms with Gasteiger partial charge in [0.2, 0.25) is 11.5 Å². The Labute approximate surface area is 142 Å². The first-order chi connectivity index (χ1) is 11.6. The van der Waals surface area contributed by atoms with Crippen molar-refractivity contribution in [1.29, 1.82) is 5.26 Å². The Morgan fingerprint density at radius 1 is 1.38 bits per heavy atom. The molecule has 7 heteroatoms. The zero-order valence-corrected chi connectivity index (χ0v) is 13.8. The Hall–Kier alpha value is -2.98. The van der Waals surface area contributed by atoms with Crippen LogP contribution in [0.1, 0.15) is 27.2 Å². The van der Waals surface area contributed by atoms with Crippen molar-refractivity contribution in [3.63, 3.8) is 0 Å². The number of aryl methyl sites for hydroxylation is 1. The molecule has 3 rings (SSSR count). The minimum Gasteiger partial charge on any atom is -0.497 e. The second-order valence-electron chi connectivity index (χ2n) is 5.06. The van der Waals surface area contributed by atoms with E-state index in [4.69, 9.17) is 9.26 Å². The van der Waals surface area contributed by atoms with Crippen LogP contribution in [0.5, 0.6) is 5.75 Å². The van der Waals surface area contributed by atoms with Crippen LogP contribution in [-0.2, 0) is 0 Å². The molecular weight excluding hydrogens is 326 g/mol. The SMILES string of the molecule is COc1ccc(-c2csc([C@@H](C#N)C(=O)c3cc(C)no3)n2)cc1. The zero-order chi connectivity index (χ0) is 17.1. The van der Waals surface area contributed by atoms with Crippen LogP contribution in [-0.4, -0.2) is 23.0 Å². The van der Waals surface area contributed by atoms with Gasteiger partial charge in [-0.15, -0.1) is 11.3 Å². The van der Waals surface area contributed by atoms with E-state index < -0.39 is 11.7 Å². The lowest BCUT2D eigenvalue weighted by molar-refractivity contribution is 0.0943. The number of Topliss-reactive ketones (excluding diaryl/α,β-unsaturated/α-hetero) is 1. The number of nitriles is 1. The molecular formula is C17H13N3O3S. The fourth-order valence-electron chi connectivity index (χ4n) is 2.16. The van der Waals surface area contributed by atoms with E-state index in [-0.39, 0.29) is 5.76 Å². The summed E-state index contributed by atoms with van der Waals surface area (Å²) in [6.07, 6.45) is 0. The summed E-state index contributed by atoms with van der Waals surface area (Å²) >= 11 is 1.27. The van der Waals surface area contributed by atoms with Crippen LogP contribution in [0.2, 0.25) is 0 Å². The number of aromatic nitrogens is 2. The van der Waals surface area contributed by atoms with Crippen LogP contribution < -0.4 is 4.74 Å². The average Bonchev–Trinajstić information content (AvgIpc) is 3.25. The molecule has 0 aliphatic carbocycles. The molecule has 0 saturated carbocycles. The molecule has 0 bridgehead atoms. The van der Waals surface area contributed by atoms with E-state index >= 15 is 0 Å². The van der Waals surface area contributed by atoms with Gasteiger partial charge in [0.15, 0.2) is 5.92 Å². The van der Waals surface area contributed by atoms with E-state index in [0.29, 0.717) is 16.4 Å². The highest BCUT2D eigenvalue weighted by molar-refractivity contribution is 7.10. The molecule has 0 N–H and O–H groups in total. The van der Waals surface area contributed by atoms with Gasteiger partial charge in [-0.3, -0.25) is 4.79 Å². The fourth-order valence-corrected chi connectivity index (χ4v) is 3.03. The molecule has 120 valence electrons. The number of carbonyl (C=O) groups excluding carboxylic acids is 1. The van der Waals surface area contributed by atoms with Gasteiger partial charge in [-0.25, -0.2) is 4.98 Å². The van der Waals surface area contributed by atoms with E-state index in [1.54, 1.807) is 14.0 Å². The predicted molar refractivity (Wildman–Crippen MR) is 88.0 cm³/mol. The smallest absolute Gasteiger partial charge is 0.224 e. The summed E-state index contributed by atoms with van der Waals surface area (Å²) in [4.78, 5) is 16.8. The third kappa shape index (κ3) is 3.05. The summed E-state index contributed by atoms with van der Waals surface area (Å²) in [7, 11) is 1.60. The number of methoxy groups -OCH3 is 1. The highest BCUT2D eigenvalue weighted by Crippen LogP contribution is 2.29. The van der Waals surface area contributed by atoms with Crippen LogP contribution in [0, 0.1) is 18.3 Å². The van der Waals surface area contributed by atoms with Gasteiger partial charge in [-0.05, 0) is 31.2 Å². The Kier molecular flexibility index (Phi) is 4.40. The maximum atomic E-state index is 12.4. The van der Waals surface area contributed by atoms with Crippen LogP contribution >= 0.6 is 11.3 Å². The molecule has 0 saturated heterocycles. The second-order valence-corrected chi connectivity index (χ2v) is 5.95. The number of benzene rings is 1. The largest absolute Gasteiger partial charge is 0.497 e. The highest BCUT2D eigenvalue weighted by atomic mass is 32.1. The molecule has 24 heavy (non-hydrogen) atoms. The van der Waals surface area contributed by atoms with Crippen molar-refractivity contribution in [3.8, 4) is 23.1 Å². The van der Waals surface area contributed by atoms with Crippen LogP contribution in [0.15, 0.2) is 40.2 Å². The lowest BCUT2D eigenvalue weighted by Crippen LogP contribution is -2.10. The van der Waals surface area contributed by atoms with Gasteiger partial charge in [0.05, 0.1) is 24.6 Å². The standard InChI is InChI=1S/C17H13N3O3S/c1-10-7-15(23-20-10)16(21)13(8-18)17-19-14(9-24-17)11-3-5-12(22-2)6-4-11/h3-7,9,13H,1-2H3/t13-/m0/s1. The van der Waals surface area contributed by atoms with E-state index in [0.717, 1.165) is 11.3 Å². The molecule has 0 aliphatic heterocycles. The molecule has 3 aromatic rings. The lowest BCUT2D eigenvalue weighted by Gasteiger charge is -2.02. The van der Waals surface area contributed by atoms with Crippen molar-refractivity contribution >= 4 is 17.1 Å². The van der Waals surface area contributed by atoms with Gasteiger partial charge in [0, 0.05) is 17.0 Å². The van der Waals surface area contributed by atoms with Crippen molar-refractivity contribution in [2.45, 2.75) is 12.8 Å². The maximum absolute atomic E-state index is 12.4. The number of hydrogen-bond acceptors (Lipinski definition) is 7. The number of nitrogens with zero attached hydrogens (tertiary/aromatic N) is 3. The quantitative estimate of drug-likeness (QED) is 0.660.